The standard InChI is InChI=1S/C17H22N2O/c1-11-6-8-12(9-7-11)14-15(19-20-16(14)18)13-5-4-10-17(13,2)3/h6-9,13H,4-5,10,18H2,1-3H3. The summed E-state index contributed by atoms with van der Waals surface area (Å²) in [5.41, 5.74) is 10.7. The van der Waals surface area contributed by atoms with Gasteiger partial charge in [0.25, 0.3) is 0 Å². The zero-order chi connectivity index (χ0) is 14.3. The van der Waals surface area contributed by atoms with E-state index in [-0.39, 0.29) is 5.41 Å². The van der Waals surface area contributed by atoms with Gasteiger partial charge in [-0.15, -0.1) is 0 Å². The first-order chi connectivity index (χ1) is 9.49. The van der Waals surface area contributed by atoms with Crippen LogP contribution in [0.25, 0.3) is 11.1 Å². The van der Waals surface area contributed by atoms with Crippen LogP contribution >= 0.6 is 0 Å². The van der Waals surface area contributed by atoms with E-state index in [1.165, 1.54) is 18.4 Å². The van der Waals surface area contributed by atoms with Crippen LogP contribution < -0.4 is 5.73 Å². The van der Waals surface area contributed by atoms with Crippen LogP contribution in [0.2, 0.25) is 0 Å². The van der Waals surface area contributed by atoms with E-state index in [1.807, 2.05) is 0 Å². The molecule has 1 fully saturated rings. The molecule has 0 amide bonds. The molecule has 0 radical (unpaired) electrons. The average molecular weight is 270 g/mol. The van der Waals surface area contributed by atoms with Crippen LogP contribution in [0.4, 0.5) is 5.88 Å². The van der Waals surface area contributed by atoms with Crippen LogP contribution in [0.5, 0.6) is 0 Å². The molecule has 2 aromatic rings. The van der Waals surface area contributed by atoms with Crippen LogP contribution in [0, 0.1) is 12.3 Å². The molecule has 3 heteroatoms. The second kappa shape index (κ2) is 4.65. The number of nitrogens with zero attached hydrogens (tertiary/aromatic N) is 1. The van der Waals surface area contributed by atoms with Gasteiger partial charge in [0.15, 0.2) is 0 Å². The van der Waals surface area contributed by atoms with Gasteiger partial charge in [0.1, 0.15) is 0 Å². The summed E-state index contributed by atoms with van der Waals surface area (Å²) in [4.78, 5) is 0. The highest BCUT2D eigenvalue weighted by Gasteiger charge is 2.39. The van der Waals surface area contributed by atoms with Gasteiger partial charge < -0.3 is 10.3 Å². The summed E-state index contributed by atoms with van der Waals surface area (Å²) >= 11 is 0. The van der Waals surface area contributed by atoms with Gasteiger partial charge in [0.2, 0.25) is 5.88 Å². The number of benzene rings is 1. The quantitative estimate of drug-likeness (QED) is 0.872. The summed E-state index contributed by atoms with van der Waals surface area (Å²) in [6, 6.07) is 8.41. The fourth-order valence-electron chi connectivity index (χ4n) is 3.40. The SMILES string of the molecule is Cc1ccc(-c2c(C3CCCC3(C)C)noc2N)cc1. The Morgan fingerprint density at radius 1 is 1.25 bits per heavy atom. The van der Waals surface area contributed by atoms with E-state index in [1.54, 1.807) is 0 Å². The zero-order valence-corrected chi connectivity index (χ0v) is 12.4. The molecular weight excluding hydrogens is 248 g/mol. The van der Waals surface area contributed by atoms with Gasteiger partial charge in [-0.3, -0.25) is 0 Å². The number of nitrogen functional groups attached to an aromatic ring is 1. The molecule has 3 nitrogen and oxygen atoms in total. The lowest BCUT2D eigenvalue weighted by molar-refractivity contribution is 0.314. The Balaban J connectivity index is 2.08. The minimum absolute atomic E-state index is 0.267. The second-order valence-electron chi connectivity index (χ2n) is 6.61. The highest BCUT2D eigenvalue weighted by atomic mass is 16.5. The predicted octanol–water partition coefficient (Wildman–Crippen LogP) is 4.53. The van der Waals surface area contributed by atoms with Crippen molar-refractivity contribution in [3.05, 3.63) is 35.5 Å². The van der Waals surface area contributed by atoms with Crippen LogP contribution in [0.1, 0.15) is 50.3 Å². The summed E-state index contributed by atoms with van der Waals surface area (Å²) in [5.74, 6) is 0.867. The summed E-state index contributed by atoms with van der Waals surface area (Å²) in [5, 5.41) is 4.29. The first-order valence-corrected chi connectivity index (χ1v) is 7.31. The van der Waals surface area contributed by atoms with Gasteiger partial charge in [-0.05, 0) is 30.7 Å². The van der Waals surface area contributed by atoms with Crippen molar-refractivity contribution in [1.82, 2.24) is 5.16 Å². The Kier molecular flexibility index (Phi) is 3.08. The third kappa shape index (κ3) is 2.11. The zero-order valence-electron chi connectivity index (χ0n) is 12.4. The highest BCUT2D eigenvalue weighted by Crippen LogP contribution is 2.51. The van der Waals surface area contributed by atoms with Crippen molar-refractivity contribution in [3.63, 3.8) is 0 Å². The fraction of sp³-hybridized carbons (Fsp3) is 0.471. The van der Waals surface area contributed by atoms with E-state index in [0.29, 0.717) is 11.8 Å². The Morgan fingerprint density at radius 3 is 2.55 bits per heavy atom. The molecule has 0 bridgehead atoms. The van der Waals surface area contributed by atoms with Gasteiger partial charge in [0, 0.05) is 5.92 Å². The lowest BCUT2D eigenvalue weighted by atomic mass is 9.78. The van der Waals surface area contributed by atoms with Crippen LogP contribution in [-0.4, -0.2) is 5.16 Å². The number of aryl methyl sites for hydroxylation is 1. The number of hydrogen-bond donors (Lipinski definition) is 1. The third-order valence-electron chi connectivity index (χ3n) is 4.67. The molecular formula is C17H22N2O. The second-order valence-corrected chi connectivity index (χ2v) is 6.61. The largest absolute Gasteiger partial charge is 0.367 e. The Morgan fingerprint density at radius 2 is 1.95 bits per heavy atom. The molecule has 1 aliphatic rings. The number of rotatable bonds is 2. The molecule has 1 aliphatic carbocycles. The van der Waals surface area contributed by atoms with Crippen molar-refractivity contribution < 1.29 is 4.52 Å². The molecule has 0 saturated heterocycles. The molecule has 1 aromatic carbocycles. The molecule has 0 aliphatic heterocycles. The molecule has 1 atom stereocenters. The first kappa shape index (κ1) is 13.2. The van der Waals surface area contributed by atoms with Crippen LogP contribution in [-0.2, 0) is 0 Å². The smallest absolute Gasteiger partial charge is 0.230 e. The Bertz CT molecular complexity index is 610. The summed E-state index contributed by atoms with van der Waals surface area (Å²) < 4.78 is 5.31. The monoisotopic (exact) mass is 270 g/mol. The van der Waals surface area contributed by atoms with E-state index in [9.17, 15) is 0 Å². The predicted molar refractivity (Wildman–Crippen MR) is 81.5 cm³/mol. The van der Waals surface area contributed by atoms with E-state index in [0.717, 1.165) is 23.2 Å². The number of nitrogens with two attached hydrogens (primary N) is 1. The van der Waals surface area contributed by atoms with Gasteiger partial charge in [0.05, 0.1) is 11.3 Å². The molecule has 2 N–H and O–H groups in total. The van der Waals surface area contributed by atoms with Crippen LogP contribution in [0.3, 0.4) is 0 Å². The van der Waals surface area contributed by atoms with E-state index in [4.69, 9.17) is 10.3 Å². The normalized spacial score (nSPS) is 21.2. The highest BCUT2D eigenvalue weighted by molar-refractivity contribution is 5.75. The minimum atomic E-state index is 0.267. The van der Waals surface area contributed by atoms with Crippen molar-refractivity contribution in [2.45, 2.75) is 46.0 Å². The number of anilines is 1. The molecule has 1 aromatic heterocycles. The average Bonchev–Trinajstić information content (AvgIpc) is 2.93. The first-order valence-electron chi connectivity index (χ1n) is 7.31. The van der Waals surface area contributed by atoms with Gasteiger partial charge in [-0.25, -0.2) is 0 Å². The van der Waals surface area contributed by atoms with Crippen molar-refractivity contribution in [2.24, 2.45) is 5.41 Å². The molecule has 106 valence electrons. The van der Waals surface area contributed by atoms with Crippen molar-refractivity contribution >= 4 is 5.88 Å². The van der Waals surface area contributed by atoms with E-state index >= 15 is 0 Å². The van der Waals surface area contributed by atoms with E-state index in [2.05, 4.69) is 50.2 Å². The maximum Gasteiger partial charge on any atom is 0.230 e. The summed E-state index contributed by atoms with van der Waals surface area (Å²) in [6.45, 7) is 6.71. The Labute approximate surface area is 120 Å². The van der Waals surface area contributed by atoms with Crippen molar-refractivity contribution in [1.29, 1.82) is 0 Å². The fourth-order valence-corrected chi connectivity index (χ4v) is 3.40. The van der Waals surface area contributed by atoms with E-state index < -0.39 is 0 Å². The van der Waals surface area contributed by atoms with Crippen molar-refractivity contribution in [3.8, 4) is 11.1 Å². The topological polar surface area (TPSA) is 52.0 Å². The maximum atomic E-state index is 6.04. The third-order valence-corrected chi connectivity index (χ3v) is 4.67. The lowest BCUT2D eigenvalue weighted by Gasteiger charge is -2.25. The number of hydrogen-bond acceptors (Lipinski definition) is 3. The molecule has 20 heavy (non-hydrogen) atoms. The molecule has 1 unspecified atom stereocenters. The molecule has 1 saturated carbocycles. The van der Waals surface area contributed by atoms with Crippen molar-refractivity contribution in [2.75, 3.05) is 5.73 Å². The van der Waals surface area contributed by atoms with Gasteiger partial charge in [-0.2, -0.15) is 0 Å². The van der Waals surface area contributed by atoms with Gasteiger partial charge >= 0.3 is 0 Å². The molecule has 3 rings (SSSR count). The number of aromatic nitrogens is 1. The molecule has 0 spiro atoms. The van der Waals surface area contributed by atoms with Gasteiger partial charge in [-0.1, -0.05) is 55.3 Å². The Hall–Kier alpha value is -1.77. The maximum absolute atomic E-state index is 6.04. The lowest BCUT2D eigenvalue weighted by Crippen LogP contribution is -2.16. The summed E-state index contributed by atoms with van der Waals surface area (Å²) in [7, 11) is 0. The molecule has 1 heterocycles. The minimum Gasteiger partial charge on any atom is -0.367 e. The summed E-state index contributed by atoms with van der Waals surface area (Å²) in [6.07, 6.45) is 3.65. The van der Waals surface area contributed by atoms with Crippen LogP contribution in [0.15, 0.2) is 28.8 Å².